The molecule has 0 aromatic heterocycles. The number of carbonyl (C=O) groups excluding carboxylic acids is 1. The minimum Gasteiger partial charge on any atom is -0.461 e. The fourth-order valence-electron chi connectivity index (χ4n) is 0.991. The van der Waals surface area contributed by atoms with Crippen molar-refractivity contribution >= 4 is 28.6 Å². The standard InChI is InChI=1S/C9H13N3O2S/c1-3-5-12-9(10)15-6-7(11-12)8(13)14-4-2/h3,10H,1,4-6H2,2H3. The Morgan fingerprint density at radius 2 is 2.60 bits per heavy atom. The molecule has 5 nitrogen and oxygen atoms in total. The molecule has 0 radical (unpaired) electrons. The highest BCUT2D eigenvalue weighted by molar-refractivity contribution is 8.14. The second-order valence-corrected chi connectivity index (χ2v) is 3.70. The molecule has 0 saturated heterocycles. The van der Waals surface area contributed by atoms with Crippen LogP contribution in [-0.2, 0) is 9.53 Å². The van der Waals surface area contributed by atoms with Crippen molar-refractivity contribution in [3.8, 4) is 0 Å². The molecular formula is C9H13N3O2S. The maximum Gasteiger partial charge on any atom is 0.355 e. The zero-order valence-electron chi connectivity index (χ0n) is 8.52. The summed E-state index contributed by atoms with van der Waals surface area (Å²) in [5.41, 5.74) is 0.347. The second-order valence-electron chi connectivity index (χ2n) is 2.73. The molecule has 6 heteroatoms. The number of hydrazone groups is 1. The Labute approximate surface area is 92.7 Å². The first kappa shape index (κ1) is 11.8. The molecule has 0 saturated carbocycles. The highest BCUT2D eigenvalue weighted by Gasteiger charge is 2.22. The number of thioether (sulfide) groups is 1. The summed E-state index contributed by atoms with van der Waals surface area (Å²) in [6.07, 6.45) is 1.63. The molecule has 0 amide bonds. The number of hydrogen-bond donors (Lipinski definition) is 1. The van der Waals surface area contributed by atoms with E-state index < -0.39 is 5.97 Å². The van der Waals surface area contributed by atoms with Gasteiger partial charge in [-0.15, -0.1) is 6.58 Å². The minimum atomic E-state index is -0.411. The predicted octanol–water partition coefficient (Wildman–Crippen LogP) is 1.08. The van der Waals surface area contributed by atoms with E-state index >= 15 is 0 Å². The third-order valence-corrected chi connectivity index (χ3v) is 2.54. The van der Waals surface area contributed by atoms with Gasteiger partial charge in [0.1, 0.15) is 0 Å². The SMILES string of the molecule is C=CCN1N=C(C(=O)OCC)CSC1=N. The number of nitrogens with one attached hydrogen (secondary N) is 1. The molecule has 0 unspecified atom stereocenters. The quantitative estimate of drug-likeness (QED) is 0.576. The molecule has 15 heavy (non-hydrogen) atoms. The average molecular weight is 227 g/mol. The van der Waals surface area contributed by atoms with Crippen molar-refractivity contribution in [3.05, 3.63) is 12.7 Å². The summed E-state index contributed by atoms with van der Waals surface area (Å²) in [5, 5.41) is 13.3. The van der Waals surface area contributed by atoms with E-state index in [0.717, 1.165) is 0 Å². The lowest BCUT2D eigenvalue weighted by atomic mass is 10.4. The number of nitrogens with zero attached hydrogens (tertiary/aromatic N) is 2. The number of ether oxygens (including phenoxy) is 1. The first-order chi connectivity index (χ1) is 7.19. The maximum absolute atomic E-state index is 11.4. The van der Waals surface area contributed by atoms with Crippen LogP contribution < -0.4 is 0 Å². The van der Waals surface area contributed by atoms with Gasteiger partial charge in [0.15, 0.2) is 10.9 Å². The molecule has 0 aromatic carbocycles. The summed E-state index contributed by atoms with van der Waals surface area (Å²) < 4.78 is 4.84. The van der Waals surface area contributed by atoms with Gasteiger partial charge in [-0.1, -0.05) is 17.8 Å². The second kappa shape index (κ2) is 5.55. The Balaban J connectivity index is 2.73. The molecule has 1 aliphatic rings. The van der Waals surface area contributed by atoms with Gasteiger partial charge < -0.3 is 4.74 Å². The van der Waals surface area contributed by atoms with Crippen molar-refractivity contribution in [1.82, 2.24) is 5.01 Å². The monoisotopic (exact) mass is 227 g/mol. The zero-order valence-corrected chi connectivity index (χ0v) is 9.34. The van der Waals surface area contributed by atoms with Gasteiger partial charge in [-0.05, 0) is 6.92 Å². The van der Waals surface area contributed by atoms with Gasteiger partial charge in [0.05, 0.1) is 18.9 Å². The molecule has 0 fully saturated rings. The lowest BCUT2D eigenvalue weighted by molar-refractivity contribution is -0.135. The van der Waals surface area contributed by atoms with E-state index in [4.69, 9.17) is 10.1 Å². The van der Waals surface area contributed by atoms with Gasteiger partial charge in [0.25, 0.3) is 0 Å². The molecular weight excluding hydrogens is 214 g/mol. The summed E-state index contributed by atoms with van der Waals surface area (Å²) in [6.45, 7) is 6.07. The Morgan fingerprint density at radius 1 is 1.87 bits per heavy atom. The van der Waals surface area contributed by atoms with Crippen molar-refractivity contribution in [2.45, 2.75) is 6.92 Å². The Kier molecular flexibility index (Phi) is 4.36. The molecule has 0 aliphatic carbocycles. The predicted molar refractivity (Wildman–Crippen MR) is 61.2 cm³/mol. The fourth-order valence-corrected chi connectivity index (χ4v) is 1.70. The van der Waals surface area contributed by atoms with Gasteiger partial charge >= 0.3 is 5.97 Å². The fraction of sp³-hybridized carbons (Fsp3) is 0.444. The van der Waals surface area contributed by atoms with Crippen LogP contribution in [0.25, 0.3) is 0 Å². The largest absolute Gasteiger partial charge is 0.461 e. The maximum atomic E-state index is 11.4. The Hall–Kier alpha value is -1.30. The van der Waals surface area contributed by atoms with Crippen LogP contribution in [0.3, 0.4) is 0 Å². The Morgan fingerprint density at radius 3 is 3.20 bits per heavy atom. The van der Waals surface area contributed by atoms with E-state index in [1.165, 1.54) is 16.8 Å². The van der Waals surface area contributed by atoms with Gasteiger partial charge in [0.2, 0.25) is 0 Å². The summed E-state index contributed by atoms with van der Waals surface area (Å²) in [7, 11) is 0. The molecule has 1 aliphatic heterocycles. The van der Waals surface area contributed by atoms with Crippen molar-refractivity contribution in [1.29, 1.82) is 5.41 Å². The average Bonchev–Trinajstić information content (AvgIpc) is 2.22. The van der Waals surface area contributed by atoms with Gasteiger partial charge in [-0.25, -0.2) is 9.80 Å². The molecule has 0 spiro atoms. The van der Waals surface area contributed by atoms with Crippen LogP contribution in [0.2, 0.25) is 0 Å². The highest BCUT2D eigenvalue weighted by atomic mass is 32.2. The first-order valence-electron chi connectivity index (χ1n) is 4.53. The highest BCUT2D eigenvalue weighted by Crippen LogP contribution is 2.15. The summed E-state index contributed by atoms with van der Waals surface area (Å²) in [6, 6.07) is 0. The first-order valence-corrected chi connectivity index (χ1v) is 5.52. The van der Waals surface area contributed by atoms with E-state index in [1.54, 1.807) is 13.0 Å². The van der Waals surface area contributed by atoms with Crippen LogP contribution in [0.1, 0.15) is 6.92 Å². The van der Waals surface area contributed by atoms with Crippen LogP contribution in [0, 0.1) is 5.41 Å². The molecule has 0 bridgehead atoms. The summed E-state index contributed by atoms with van der Waals surface area (Å²) in [4.78, 5) is 11.4. The summed E-state index contributed by atoms with van der Waals surface area (Å²) in [5.74, 6) is -0.0164. The van der Waals surface area contributed by atoms with Crippen LogP contribution in [0.4, 0.5) is 0 Å². The number of amidine groups is 1. The van der Waals surface area contributed by atoms with Gasteiger partial charge in [0, 0.05) is 0 Å². The normalized spacial score (nSPS) is 15.9. The number of rotatable bonds is 4. The van der Waals surface area contributed by atoms with Crippen molar-refractivity contribution in [2.24, 2.45) is 5.10 Å². The Bertz CT molecular complexity index is 314. The van der Waals surface area contributed by atoms with Crippen LogP contribution in [0.15, 0.2) is 17.8 Å². The smallest absolute Gasteiger partial charge is 0.355 e. The van der Waals surface area contributed by atoms with E-state index in [-0.39, 0.29) is 0 Å². The third kappa shape index (κ3) is 3.09. The van der Waals surface area contributed by atoms with E-state index in [2.05, 4.69) is 11.7 Å². The molecule has 82 valence electrons. The van der Waals surface area contributed by atoms with Crippen molar-refractivity contribution < 1.29 is 9.53 Å². The lowest BCUT2D eigenvalue weighted by Crippen LogP contribution is -2.34. The molecule has 0 atom stereocenters. The zero-order chi connectivity index (χ0) is 11.3. The lowest BCUT2D eigenvalue weighted by Gasteiger charge is -2.22. The molecule has 1 N–H and O–H groups in total. The molecule has 1 heterocycles. The van der Waals surface area contributed by atoms with E-state index in [1.807, 2.05) is 0 Å². The number of hydrogen-bond acceptors (Lipinski definition) is 5. The van der Waals surface area contributed by atoms with E-state index in [0.29, 0.717) is 29.8 Å². The van der Waals surface area contributed by atoms with Gasteiger partial charge in [-0.2, -0.15) is 5.10 Å². The minimum absolute atomic E-state index is 0.322. The number of carbonyl (C=O) groups is 1. The van der Waals surface area contributed by atoms with Gasteiger partial charge in [-0.3, -0.25) is 5.41 Å². The van der Waals surface area contributed by atoms with Crippen molar-refractivity contribution in [3.63, 3.8) is 0 Å². The molecule has 0 aromatic rings. The van der Waals surface area contributed by atoms with Crippen molar-refractivity contribution in [2.75, 3.05) is 18.9 Å². The van der Waals surface area contributed by atoms with E-state index in [9.17, 15) is 4.79 Å². The van der Waals surface area contributed by atoms with Crippen LogP contribution in [-0.4, -0.2) is 40.8 Å². The van der Waals surface area contributed by atoms with Crippen LogP contribution >= 0.6 is 11.8 Å². The number of esters is 1. The molecule has 1 rings (SSSR count). The summed E-state index contributed by atoms with van der Waals surface area (Å²) >= 11 is 1.26. The topological polar surface area (TPSA) is 65.8 Å². The van der Waals surface area contributed by atoms with Crippen LogP contribution in [0.5, 0.6) is 0 Å². The third-order valence-electron chi connectivity index (χ3n) is 1.63.